The fourth-order valence-corrected chi connectivity index (χ4v) is 2.21. The highest BCUT2D eigenvalue weighted by molar-refractivity contribution is 5.64. The molecule has 0 unspecified atom stereocenters. The van der Waals surface area contributed by atoms with Gasteiger partial charge in [0.25, 0.3) is 0 Å². The van der Waals surface area contributed by atoms with Crippen LogP contribution >= 0.6 is 0 Å². The molecule has 3 atom stereocenters. The Morgan fingerprint density at radius 3 is 2.93 bits per heavy atom. The average molecular weight is 212 g/mol. The van der Waals surface area contributed by atoms with Crippen molar-refractivity contribution in [1.82, 2.24) is 5.32 Å². The highest BCUT2D eigenvalue weighted by atomic mass is 16.4. The largest absolute Gasteiger partial charge is 0.465 e. The van der Waals surface area contributed by atoms with Crippen molar-refractivity contribution in [3.05, 3.63) is 10.4 Å². The first kappa shape index (κ1) is 11.7. The van der Waals surface area contributed by atoms with E-state index in [0.29, 0.717) is 5.92 Å². The molecule has 0 radical (unpaired) electrons. The van der Waals surface area contributed by atoms with Crippen LogP contribution in [0.3, 0.4) is 0 Å². The summed E-state index contributed by atoms with van der Waals surface area (Å²) >= 11 is 0. The van der Waals surface area contributed by atoms with Crippen LogP contribution in [0.1, 0.15) is 32.6 Å². The number of azide groups is 1. The van der Waals surface area contributed by atoms with Crippen LogP contribution in [-0.4, -0.2) is 23.3 Å². The Bertz CT molecular complexity index is 275. The van der Waals surface area contributed by atoms with Gasteiger partial charge in [0.2, 0.25) is 0 Å². The summed E-state index contributed by atoms with van der Waals surface area (Å²) in [7, 11) is 0. The SMILES string of the molecule is CC[C@@H]1C[C@@H](NC(=O)O)CC[C@@H]1N=[N+]=[N-]. The fourth-order valence-electron chi connectivity index (χ4n) is 2.21. The molecule has 1 aliphatic rings. The van der Waals surface area contributed by atoms with E-state index < -0.39 is 6.09 Å². The zero-order chi connectivity index (χ0) is 11.3. The lowest BCUT2D eigenvalue weighted by Gasteiger charge is -2.32. The average Bonchev–Trinajstić information content (AvgIpc) is 2.20. The zero-order valence-electron chi connectivity index (χ0n) is 8.76. The molecular formula is C9H16N4O2. The van der Waals surface area contributed by atoms with Crippen molar-refractivity contribution < 1.29 is 9.90 Å². The first-order chi connectivity index (χ1) is 7.17. The van der Waals surface area contributed by atoms with Gasteiger partial charge in [-0.1, -0.05) is 18.5 Å². The van der Waals surface area contributed by atoms with Crippen LogP contribution in [0.25, 0.3) is 10.4 Å². The Labute approximate surface area is 88.3 Å². The van der Waals surface area contributed by atoms with Gasteiger partial charge in [-0.25, -0.2) is 4.79 Å². The van der Waals surface area contributed by atoms with Crippen molar-refractivity contribution in [2.24, 2.45) is 11.0 Å². The minimum absolute atomic E-state index is 0.0117. The Balaban J connectivity index is 2.54. The molecule has 0 bridgehead atoms. The third kappa shape index (κ3) is 3.32. The van der Waals surface area contributed by atoms with E-state index in [-0.39, 0.29) is 12.1 Å². The molecule has 1 aliphatic carbocycles. The van der Waals surface area contributed by atoms with Gasteiger partial charge in [0.15, 0.2) is 0 Å². The number of hydrogen-bond donors (Lipinski definition) is 2. The maximum atomic E-state index is 10.5. The summed E-state index contributed by atoms with van der Waals surface area (Å²) in [6.07, 6.45) is 2.24. The number of carbonyl (C=O) groups is 1. The first-order valence-corrected chi connectivity index (χ1v) is 5.21. The second-order valence-electron chi connectivity index (χ2n) is 3.90. The lowest BCUT2D eigenvalue weighted by Crippen LogP contribution is -2.41. The standard InChI is InChI=1S/C9H16N4O2/c1-2-6-5-7(11-9(14)15)3-4-8(6)12-13-10/h6-8,11H,2-5H2,1H3,(H,14,15)/t6-,7+,8+/m1/s1. The van der Waals surface area contributed by atoms with E-state index in [1.807, 2.05) is 6.92 Å². The second kappa shape index (κ2) is 5.46. The minimum atomic E-state index is -0.975. The van der Waals surface area contributed by atoms with Gasteiger partial charge in [0, 0.05) is 17.0 Å². The van der Waals surface area contributed by atoms with E-state index >= 15 is 0 Å². The third-order valence-electron chi connectivity index (χ3n) is 2.99. The van der Waals surface area contributed by atoms with Crippen molar-refractivity contribution in [2.45, 2.75) is 44.7 Å². The summed E-state index contributed by atoms with van der Waals surface area (Å²) < 4.78 is 0. The number of carboxylic acid groups (broad SMARTS) is 1. The smallest absolute Gasteiger partial charge is 0.404 e. The normalized spacial score (nSPS) is 30.3. The van der Waals surface area contributed by atoms with Gasteiger partial charge in [0.1, 0.15) is 0 Å². The van der Waals surface area contributed by atoms with E-state index in [1.165, 1.54) is 0 Å². The molecule has 84 valence electrons. The molecule has 0 spiro atoms. The fraction of sp³-hybridized carbons (Fsp3) is 0.889. The number of rotatable bonds is 3. The van der Waals surface area contributed by atoms with Crippen LogP contribution in [0, 0.1) is 5.92 Å². The van der Waals surface area contributed by atoms with Crippen molar-refractivity contribution in [1.29, 1.82) is 0 Å². The highest BCUT2D eigenvalue weighted by Crippen LogP contribution is 2.29. The molecule has 1 amide bonds. The molecule has 1 rings (SSSR count). The first-order valence-electron chi connectivity index (χ1n) is 5.21. The lowest BCUT2D eigenvalue weighted by atomic mass is 9.80. The molecule has 15 heavy (non-hydrogen) atoms. The molecule has 0 aromatic carbocycles. The van der Waals surface area contributed by atoms with Crippen LogP contribution in [0.4, 0.5) is 4.79 Å². The van der Waals surface area contributed by atoms with E-state index in [0.717, 1.165) is 25.7 Å². The van der Waals surface area contributed by atoms with Gasteiger partial charge in [-0.15, -0.1) is 0 Å². The summed E-state index contributed by atoms with van der Waals surface area (Å²) in [5.74, 6) is 0.298. The van der Waals surface area contributed by atoms with Crippen LogP contribution in [0.5, 0.6) is 0 Å². The molecule has 0 aromatic rings. The molecule has 0 aromatic heterocycles. The summed E-state index contributed by atoms with van der Waals surface area (Å²) in [6, 6.07) is 0.0458. The Morgan fingerprint density at radius 2 is 2.40 bits per heavy atom. The quantitative estimate of drug-likeness (QED) is 0.427. The molecule has 6 heteroatoms. The van der Waals surface area contributed by atoms with Gasteiger partial charge in [-0.3, -0.25) is 0 Å². The third-order valence-corrected chi connectivity index (χ3v) is 2.99. The van der Waals surface area contributed by atoms with Crippen LogP contribution in [-0.2, 0) is 0 Å². The topological polar surface area (TPSA) is 98.1 Å². The van der Waals surface area contributed by atoms with Gasteiger partial charge in [-0.2, -0.15) is 0 Å². The maximum absolute atomic E-state index is 10.5. The molecular weight excluding hydrogens is 196 g/mol. The predicted octanol–water partition coefficient (Wildman–Crippen LogP) is 2.51. The zero-order valence-corrected chi connectivity index (χ0v) is 8.76. The number of amides is 1. The van der Waals surface area contributed by atoms with Crippen molar-refractivity contribution >= 4 is 6.09 Å². The number of hydrogen-bond acceptors (Lipinski definition) is 2. The van der Waals surface area contributed by atoms with Gasteiger partial charge < -0.3 is 10.4 Å². The van der Waals surface area contributed by atoms with Crippen molar-refractivity contribution in [3.8, 4) is 0 Å². The van der Waals surface area contributed by atoms with Crippen LogP contribution in [0.15, 0.2) is 5.11 Å². The van der Waals surface area contributed by atoms with Gasteiger partial charge >= 0.3 is 6.09 Å². The van der Waals surface area contributed by atoms with E-state index in [2.05, 4.69) is 15.3 Å². The van der Waals surface area contributed by atoms with Crippen LogP contribution < -0.4 is 5.32 Å². The molecule has 0 aliphatic heterocycles. The van der Waals surface area contributed by atoms with E-state index in [1.54, 1.807) is 0 Å². The molecule has 6 nitrogen and oxygen atoms in total. The highest BCUT2D eigenvalue weighted by Gasteiger charge is 2.29. The second-order valence-corrected chi connectivity index (χ2v) is 3.90. The predicted molar refractivity (Wildman–Crippen MR) is 55.5 cm³/mol. The lowest BCUT2D eigenvalue weighted by molar-refractivity contribution is 0.177. The van der Waals surface area contributed by atoms with Gasteiger partial charge in [0.05, 0.1) is 0 Å². The summed E-state index contributed by atoms with van der Waals surface area (Å²) in [4.78, 5) is 13.3. The maximum Gasteiger partial charge on any atom is 0.404 e. The summed E-state index contributed by atoms with van der Waals surface area (Å²) in [5, 5.41) is 14.8. The Kier molecular flexibility index (Phi) is 4.24. The molecule has 2 N–H and O–H groups in total. The van der Waals surface area contributed by atoms with E-state index in [4.69, 9.17) is 10.6 Å². The molecule has 1 fully saturated rings. The summed E-state index contributed by atoms with van der Waals surface area (Å²) in [5.41, 5.74) is 8.39. The Hall–Kier alpha value is -1.42. The van der Waals surface area contributed by atoms with E-state index in [9.17, 15) is 4.79 Å². The molecule has 1 saturated carbocycles. The number of nitrogens with one attached hydrogen (secondary N) is 1. The van der Waals surface area contributed by atoms with Crippen molar-refractivity contribution in [2.75, 3.05) is 0 Å². The monoisotopic (exact) mass is 212 g/mol. The minimum Gasteiger partial charge on any atom is -0.465 e. The molecule has 0 saturated heterocycles. The Morgan fingerprint density at radius 1 is 1.67 bits per heavy atom. The summed E-state index contributed by atoms with van der Waals surface area (Å²) in [6.45, 7) is 2.04. The number of nitrogens with zero attached hydrogens (tertiary/aromatic N) is 3. The van der Waals surface area contributed by atoms with Gasteiger partial charge in [-0.05, 0) is 30.7 Å². The molecule has 0 heterocycles. The van der Waals surface area contributed by atoms with Crippen molar-refractivity contribution in [3.63, 3.8) is 0 Å². The van der Waals surface area contributed by atoms with Crippen LogP contribution in [0.2, 0.25) is 0 Å².